The Labute approximate surface area is 127 Å². The van der Waals surface area contributed by atoms with E-state index in [1.165, 1.54) is 5.56 Å². The molecule has 21 heavy (non-hydrogen) atoms. The van der Waals surface area contributed by atoms with Crippen LogP contribution in [0.25, 0.3) is 10.7 Å². The molecule has 0 unspecified atom stereocenters. The molecule has 3 heterocycles. The largest absolute Gasteiger partial charge is 0.305 e. The fraction of sp³-hybridized carbons (Fsp3) is 0.188. The van der Waals surface area contributed by atoms with E-state index in [1.54, 1.807) is 17.5 Å². The lowest BCUT2D eigenvalue weighted by atomic mass is 10.2. The van der Waals surface area contributed by atoms with E-state index in [4.69, 9.17) is 0 Å². The highest BCUT2D eigenvalue weighted by Gasteiger charge is 2.05. The minimum absolute atomic E-state index is 0.735. The van der Waals surface area contributed by atoms with Gasteiger partial charge in [0, 0.05) is 30.9 Å². The van der Waals surface area contributed by atoms with Crippen LogP contribution in [0.2, 0.25) is 0 Å². The zero-order valence-corrected chi connectivity index (χ0v) is 12.6. The Morgan fingerprint density at radius 3 is 2.76 bits per heavy atom. The van der Waals surface area contributed by atoms with Crippen LogP contribution >= 0.6 is 11.3 Å². The van der Waals surface area contributed by atoms with E-state index < -0.39 is 0 Å². The first-order chi connectivity index (χ1) is 10.3. The summed E-state index contributed by atoms with van der Waals surface area (Å²) in [4.78, 5) is 13.3. The number of pyridine rings is 2. The van der Waals surface area contributed by atoms with Crippen LogP contribution in [0.5, 0.6) is 0 Å². The number of aromatic nitrogens is 3. The molecule has 0 aliphatic rings. The molecule has 5 heteroatoms. The van der Waals surface area contributed by atoms with Crippen molar-refractivity contribution in [2.75, 3.05) is 0 Å². The second-order valence-corrected chi connectivity index (χ2v) is 5.59. The predicted octanol–water partition coefficient (Wildman–Crippen LogP) is 3.20. The fourth-order valence-electron chi connectivity index (χ4n) is 2.01. The molecule has 0 aliphatic heterocycles. The molecule has 3 aromatic heterocycles. The number of aryl methyl sites for hydroxylation is 1. The van der Waals surface area contributed by atoms with E-state index in [1.807, 2.05) is 30.5 Å². The lowest BCUT2D eigenvalue weighted by molar-refractivity contribution is 0.667. The van der Waals surface area contributed by atoms with E-state index in [2.05, 4.69) is 38.6 Å². The summed E-state index contributed by atoms with van der Waals surface area (Å²) in [5, 5.41) is 6.42. The third kappa shape index (κ3) is 3.51. The summed E-state index contributed by atoms with van der Waals surface area (Å²) >= 11 is 1.62. The molecule has 0 radical (unpaired) electrons. The molecular formula is C16H16N4S. The smallest absolute Gasteiger partial charge is 0.142 e. The van der Waals surface area contributed by atoms with Gasteiger partial charge in [-0.15, -0.1) is 11.3 Å². The summed E-state index contributed by atoms with van der Waals surface area (Å²) in [5.41, 5.74) is 4.25. The van der Waals surface area contributed by atoms with Crippen molar-refractivity contribution >= 4 is 11.3 Å². The molecule has 0 bridgehead atoms. The van der Waals surface area contributed by atoms with Gasteiger partial charge >= 0.3 is 0 Å². The number of thiazole rings is 1. The average molecular weight is 296 g/mol. The molecule has 0 saturated heterocycles. The first kappa shape index (κ1) is 13.9. The van der Waals surface area contributed by atoms with Crippen molar-refractivity contribution < 1.29 is 0 Å². The highest BCUT2D eigenvalue weighted by Crippen LogP contribution is 2.21. The maximum absolute atomic E-state index is 4.61. The quantitative estimate of drug-likeness (QED) is 0.785. The molecule has 1 N–H and O–H groups in total. The highest BCUT2D eigenvalue weighted by atomic mass is 32.1. The van der Waals surface area contributed by atoms with Gasteiger partial charge in [0.05, 0.1) is 17.1 Å². The van der Waals surface area contributed by atoms with Gasteiger partial charge in [0.1, 0.15) is 5.01 Å². The second kappa shape index (κ2) is 6.56. The van der Waals surface area contributed by atoms with Gasteiger partial charge in [-0.25, -0.2) is 4.98 Å². The van der Waals surface area contributed by atoms with Crippen molar-refractivity contribution in [1.82, 2.24) is 20.3 Å². The summed E-state index contributed by atoms with van der Waals surface area (Å²) in [6, 6.07) is 9.90. The summed E-state index contributed by atoms with van der Waals surface area (Å²) < 4.78 is 0. The highest BCUT2D eigenvalue weighted by molar-refractivity contribution is 7.13. The Morgan fingerprint density at radius 2 is 1.95 bits per heavy atom. The van der Waals surface area contributed by atoms with Gasteiger partial charge < -0.3 is 5.32 Å². The monoisotopic (exact) mass is 296 g/mol. The number of nitrogens with one attached hydrogen (secondary N) is 1. The van der Waals surface area contributed by atoms with Crippen molar-refractivity contribution in [2.24, 2.45) is 0 Å². The van der Waals surface area contributed by atoms with Crippen molar-refractivity contribution in [3.05, 3.63) is 65.1 Å². The molecule has 3 rings (SSSR count). The van der Waals surface area contributed by atoms with Crippen molar-refractivity contribution in [2.45, 2.75) is 20.0 Å². The van der Waals surface area contributed by atoms with Gasteiger partial charge in [-0.2, -0.15) is 0 Å². The van der Waals surface area contributed by atoms with Gasteiger partial charge in [-0.3, -0.25) is 9.97 Å². The minimum atomic E-state index is 0.735. The zero-order valence-electron chi connectivity index (χ0n) is 11.8. The molecule has 106 valence electrons. The maximum Gasteiger partial charge on any atom is 0.142 e. The van der Waals surface area contributed by atoms with Crippen molar-refractivity contribution in [3.8, 4) is 10.7 Å². The van der Waals surface area contributed by atoms with Gasteiger partial charge in [0.2, 0.25) is 0 Å². The second-order valence-electron chi connectivity index (χ2n) is 4.73. The van der Waals surface area contributed by atoms with E-state index in [9.17, 15) is 0 Å². The maximum atomic E-state index is 4.61. The Bertz CT molecular complexity index is 709. The molecule has 0 fully saturated rings. The molecular weight excluding hydrogens is 280 g/mol. The van der Waals surface area contributed by atoms with Crippen LogP contribution in [0.3, 0.4) is 0 Å². The Kier molecular flexibility index (Phi) is 4.33. The first-order valence-corrected chi connectivity index (χ1v) is 7.68. The fourth-order valence-corrected chi connectivity index (χ4v) is 2.80. The van der Waals surface area contributed by atoms with Crippen LogP contribution < -0.4 is 5.32 Å². The van der Waals surface area contributed by atoms with E-state index in [-0.39, 0.29) is 0 Å². The Hall–Kier alpha value is -2.11. The van der Waals surface area contributed by atoms with Crippen LogP contribution in [0.4, 0.5) is 0 Å². The lowest BCUT2D eigenvalue weighted by Crippen LogP contribution is -2.14. The third-order valence-electron chi connectivity index (χ3n) is 3.15. The molecule has 0 aromatic carbocycles. The van der Waals surface area contributed by atoms with Crippen molar-refractivity contribution in [1.29, 1.82) is 0 Å². The first-order valence-electron chi connectivity index (χ1n) is 6.80. The normalized spacial score (nSPS) is 10.7. The Balaban J connectivity index is 1.60. The molecule has 0 atom stereocenters. The van der Waals surface area contributed by atoms with Crippen LogP contribution in [-0.4, -0.2) is 15.0 Å². The zero-order chi connectivity index (χ0) is 14.5. The molecule has 0 aliphatic carbocycles. The Morgan fingerprint density at radius 1 is 1.05 bits per heavy atom. The topological polar surface area (TPSA) is 50.7 Å². The van der Waals surface area contributed by atoms with Gasteiger partial charge in [-0.05, 0) is 30.7 Å². The summed E-state index contributed by atoms with van der Waals surface area (Å²) in [6.45, 7) is 3.56. The molecule has 0 saturated carbocycles. The van der Waals surface area contributed by atoms with Crippen LogP contribution in [-0.2, 0) is 13.1 Å². The molecule has 0 amide bonds. The van der Waals surface area contributed by atoms with Crippen LogP contribution in [0, 0.1) is 6.92 Å². The third-order valence-corrected chi connectivity index (χ3v) is 4.07. The standard InChI is InChI=1S/C16H16N4S/c1-12-5-4-8-19-15(12)10-17-9-13-11-21-16(20-13)14-6-2-3-7-18-14/h2-8,11,17H,9-10H2,1H3. The summed E-state index contributed by atoms with van der Waals surface area (Å²) in [6.07, 6.45) is 3.62. The van der Waals surface area contributed by atoms with Gasteiger partial charge in [0.25, 0.3) is 0 Å². The minimum Gasteiger partial charge on any atom is -0.305 e. The number of hydrogen-bond acceptors (Lipinski definition) is 5. The number of rotatable bonds is 5. The summed E-state index contributed by atoms with van der Waals surface area (Å²) in [7, 11) is 0. The lowest BCUT2D eigenvalue weighted by Gasteiger charge is -2.05. The van der Waals surface area contributed by atoms with Crippen LogP contribution in [0.15, 0.2) is 48.1 Å². The van der Waals surface area contributed by atoms with E-state index >= 15 is 0 Å². The molecule has 4 nitrogen and oxygen atoms in total. The van der Waals surface area contributed by atoms with E-state index in [0.29, 0.717) is 0 Å². The molecule has 3 aromatic rings. The van der Waals surface area contributed by atoms with Gasteiger partial charge in [-0.1, -0.05) is 12.1 Å². The molecule has 0 spiro atoms. The number of nitrogens with zero attached hydrogens (tertiary/aromatic N) is 3. The van der Waals surface area contributed by atoms with E-state index in [0.717, 1.165) is 35.2 Å². The summed E-state index contributed by atoms with van der Waals surface area (Å²) in [5.74, 6) is 0. The number of hydrogen-bond donors (Lipinski definition) is 1. The van der Waals surface area contributed by atoms with Crippen LogP contribution in [0.1, 0.15) is 17.0 Å². The SMILES string of the molecule is Cc1cccnc1CNCc1csc(-c2ccccn2)n1. The predicted molar refractivity (Wildman–Crippen MR) is 84.9 cm³/mol. The average Bonchev–Trinajstić information content (AvgIpc) is 2.99. The van der Waals surface area contributed by atoms with Crippen molar-refractivity contribution in [3.63, 3.8) is 0 Å². The van der Waals surface area contributed by atoms with Gasteiger partial charge in [0.15, 0.2) is 0 Å².